The van der Waals surface area contributed by atoms with Crippen LogP contribution in [0.3, 0.4) is 0 Å². The van der Waals surface area contributed by atoms with E-state index in [1.54, 1.807) is 12.3 Å². The zero-order chi connectivity index (χ0) is 9.42. The van der Waals surface area contributed by atoms with Crippen LogP contribution in [0.1, 0.15) is 5.76 Å². The molecule has 4 nitrogen and oxygen atoms in total. The third-order valence-corrected chi connectivity index (χ3v) is 2.36. The van der Waals surface area contributed by atoms with Gasteiger partial charge in [0.15, 0.2) is 5.58 Å². The Hall–Kier alpha value is -1.07. The van der Waals surface area contributed by atoms with Crippen LogP contribution in [0.15, 0.2) is 25.9 Å². The lowest BCUT2D eigenvalue weighted by Crippen LogP contribution is -2.03. The maximum absolute atomic E-state index is 11.3. The average molecular weight is 243 g/mol. The molecule has 0 unspecified atom stereocenters. The third kappa shape index (κ3) is 1.30. The van der Waals surface area contributed by atoms with Gasteiger partial charge in [0, 0.05) is 6.20 Å². The molecular weight excluding hydrogens is 236 g/mol. The summed E-state index contributed by atoms with van der Waals surface area (Å²) in [5, 5.41) is 0.523. The smallest absolute Gasteiger partial charge is 0.259 e. The maximum atomic E-state index is 11.3. The number of furan rings is 1. The molecule has 5 heteroatoms. The van der Waals surface area contributed by atoms with Gasteiger partial charge in [-0.05, 0) is 22.0 Å². The minimum Gasteiger partial charge on any atom is -0.458 e. The van der Waals surface area contributed by atoms with Gasteiger partial charge in [0.05, 0.1) is 16.4 Å². The molecule has 0 amide bonds. The molecule has 0 aliphatic carbocycles. The Bertz CT molecular complexity index is 500. The number of nitrogens with two attached hydrogens (primary N) is 1. The molecule has 13 heavy (non-hydrogen) atoms. The molecule has 0 saturated heterocycles. The van der Waals surface area contributed by atoms with Crippen molar-refractivity contribution in [3.05, 3.63) is 32.8 Å². The van der Waals surface area contributed by atoms with Gasteiger partial charge in [0.2, 0.25) is 0 Å². The summed E-state index contributed by atoms with van der Waals surface area (Å²) < 4.78 is 6.06. The number of rotatable bonds is 1. The molecule has 2 rings (SSSR count). The highest BCUT2D eigenvalue weighted by Crippen LogP contribution is 2.23. The fourth-order valence-corrected chi connectivity index (χ4v) is 1.57. The highest BCUT2D eigenvalue weighted by molar-refractivity contribution is 9.10. The molecule has 3 N–H and O–H groups in total. The topological polar surface area (TPSA) is 72.0 Å². The number of aromatic nitrogens is 1. The highest BCUT2D eigenvalue weighted by atomic mass is 79.9. The van der Waals surface area contributed by atoms with E-state index in [-0.39, 0.29) is 5.56 Å². The van der Waals surface area contributed by atoms with E-state index < -0.39 is 0 Å². The number of nitrogens with one attached hydrogen (secondary N) is 1. The first-order valence-electron chi connectivity index (χ1n) is 3.72. The molecule has 2 heterocycles. The number of H-pyrrole nitrogens is 1. The van der Waals surface area contributed by atoms with E-state index in [0.29, 0.717) is 23.3 Å². The summed E-state index contributed by atoms with van der Waals surface area (Å²) in [6.45, 7) is 0.292. The highest BCUT2D eigenvalue weighted by Gasteiger charge is 2.08. The molecule has 0 saturated carbocycles. The predicted octanol–water partition coefficient (Wildman–Crippen LogP) is 1.34. The van der Waals surface area contributed by atoms with Crippen LogP contribution in [0.25, 0.3) is 11.0 Å². The second kappa shape index (κ2) is 3.01. The first kappa shape index (κ1) is 8.52. The van der Waals surface area contributed by atoms with Crippen LogP contribution in [0.5, 0.6) is 0 Å². The quantitative estimate of drug-likeness (QED) is 0.793. The van der Waals surface area contributed by atoms with Crippen molar-refractivity contribution in [3.63, 3.8) is 0 Å². The number of hydrogen-bond donors (Lipinski definition) is 2. The van der Waals surface area contributed by atoms with E-state index in [0.717, 1.165) is 4.47 Å². The number of halogens is 1. The second-order valence-electron chi connectivity index (χ2n) is 2.63. The molecule has 0 radical (unpaired) electrons. The molecule has 0 aliphatic heterocycles. The summed E-state index contributed by atoms with van der Waals surface area (Å²) in [6.07, 6.45) is 1.55. The summed E-state index contributed by atoms with van der Waals surface area (Å²) in [6, 6.07) is 1.65. The fraction of sp³-hybridized carbons (Fsp3) is 0.125. The molecule has 0 aromatic carbocycles. The van der Waals surface area contributed by atoms with Gasteiger partial charge in [-0.3, -0.25) is 4.79 Å². The maximum Gasteiger partial charge on any atom is 0.259 e. The van der Waals surface area contributed by atoms with E-state index in [2.05, 4.69) is 20.9 Å². The van der Waals surface area contributed by atoms with Crippen molar-refractivity contribution in [1.82, 2.24) is 4.98 Å². The Morgan fingerprint density at radius 1 is 1.62 bits per heavy atom. The predicted molar refractivity (Wildman–Crippen MR) is 52.4 cm³/mol. The van der Waals surface area contributed by atoms with Crippen LogP contribution < -0.4 is 11.3 Å². The zero-order valence-electron chi connectivity index (χ0n) is 6.63. The lowest BCUT2D eigenvalue weighted by molar-refractivity contribution is 0.551. The van der Waals surface area contributed by atoms with Gasteiger partial charge in [-0.2, -0.15) is 0 Å². The van der Waals surface area contributed by atoms with Crippen molar-refractivity contribution in [1.29, 1.82) is 0 Å². The van der Waals surface area contributed by atoms with Gasteiger partial charge in [0.1, 0.15) is 5.76 Å². The van der Waals surface area contributed by atoms with E-state index in [4.69, 9.17) is 10.2 Å². The first-order valence-corrected chi connectivity index (χ1v) is 4.51. The van der Waals surface area contributed by atoms with Crippen LogP contribution in [0.4, 0.5) is 0 Å². The molecule has 0 bridgehead atoms. The minimum absolute atomic E-state index is 0.165. The summed E-state index contributed by atoms with van der Waals surface area (Å²) in [5.74, 6) is 0.604. The summed E-state index contributed by atoms with van der Waals surface area (Å²) in [7, 11) is 0. The molecule has 0 fully saturated rings. The molecule has 2 aromatic heterocycles. The Morgan fingerprint density at radius 3 is 3.00 bits per heavy atom. The van der Waals surface area contributed by atoms with Crippen LogP contribution in [-0.2, 0) is 6.54 Å². The average Bonchev–Trinajstić information content (AvgIpc) is 2.56. The Balaban J connectivity index is 2.88. The second-order valence-corrected chi connectivity index (χ2v) is 3.48. The van der Waals surface area contributed by atoms with Crippen LogP contribution in [0.2, 0.25) is 0 Å². The molecule has 0 aliphatic rings. The number of fused-ring (bicyclic) bond motifs is 1. The summed E-state index contributed by atoms with van der Waals surface area (Å²) in [5.41, 5.74) is 5.77. The molecule has 2 aromatic rings. The monoisotopic (exact) mass is 242 g/mol. The molecule has 68 valence electrons. The van der Waals surface area contributed by atoms with Crippen LogP contribution >= 0.6 is 15.9 Å². The van der Waals surface area contributed by atoms with Crippen molar-refractivity contribution < 1.29 is 4.42 Å². The Morgan fingerprint density at radius 2 is 2.38 bits per heavy atom. The van der Waals surface area contributed by atoms with Crippen molar-refractivity contribution in [2.45, 2.75) is 6.54 Å². The van der Waals surface area contributed by atoms with Crippen LogP contribution in [0, 0.1) is 0 Å². The van der Waals surface area contributed by atoms with Crippen LogP contribution in [-0.4, -0.2) is 4.98 Å². The normalized spacial score (nSPS) is 10.9. The van der Waals surface area contributed by atoms with Gasteiger partial charge in [-0.25, -0.2) is 0 Å². The summed E-state index contributed by atoms with van der Waals surface area (Å²) in [4.78, 5) is 13.9. The van der Waals surface area contributed by atoms with E-state index >= 15 is 0 Å². The van der Waals surface area contributed by atoms with E-state index in [1.165, 1.54) is 0 Å². The van der Waals surface area contributed by atoms with Crippen molar-refractivity contribution in [3.8, 4) is 0 Å². The number of hydrogen-bond acceptors (Lipinski definition) is 3. The van der Waals surface area contributed by atoms with Gasteiger partial charge in [0.25, 0.3) is 5.56 Å². The standard InChI is InChI=1S/C8H7BrN2O2/c9-6-3-11-8(12)5-1-4(2-10)13-7(5)6/h1,3H,2,10H2,(H,11,12). The SMILES string of the molecule is NCc1cc2c(=O)[nH]cc(Br)c2o1. The molecular formula is C8H7BrN2O2. The van der Waals surface area contributed by atoms with Gasteiger partial charge < -0.3 is 15.1 Å². The number of pyridine rings is 1. The van der Waals surface area contributed by atoms with Gasteiger partial charge in [-0.15, -0.1) is 0 Å². The lowest BCUT2D eigenvalue weighted by atomic mass is 10.3. The van der Waals surface area contributed by atoms with E-state index in [9.17, 15) is 4.79 Å². The molecule has 0 spiro atoms. The summed E-state index contributed by atoms with van der Waals surface area (Å²) >= 11 is 3.27. The minimum atomic E-state index is -0.165. The largest absolute Gasteiger partial charge is 0.458 e. The molecule has 0 atom stereocenters. The van der Waals surface area contributed by atoms with Gasteiger partial charge in [-0.1, -0.05) is 0 Å². The first-order chi connectivity index (χ1) is 6.22. The Kier molecular flexibility index (Phi) is 1.97. The van der Waals surface area contributed by atoms with Crippen molar-refractivity contribution in [2.75, 3.05) is 0 Å². The van der Waals surface area contributed by atoms with E-state index in [1.807, 2.05) is 0 Å². The Labute approximate surface area is 81.9 Å². The lowest BCUT2D eigenvalue weighted by Gasteiger charge is -1.90. The fourth-order valence-electron chi connectivity index (χ4n) is 1.16. The van der Waals surface area contributed by atoms with Gasteiger partial charge >= 0.3 is 0 Å². The number of aromatic amines is 1. The third-order valence-electron chi connectivity index (χ3n) is 1.78. The zero-order valence-corrected chi connectivity index (χ0v) is 8.22. The van der Waals surface area contributed by atoms with Crippen molar-refractivity contribution >= 4 is 26.9 Å². The van der Waals surface area contributed by atoms with Crippen molar-refractivity contribution in [2.24, 2.45) is 5.73 Å².